The molecule has 4 nitrogen and oxygen atoms in total. The second-order valence-electron chi connectivity index (χ2n) is 4.85. The number of rotatable bonds is 5. The van der Waals surface area contributed by atoms with Gasteiger partial charge in [0.1, 0.15) is 5.54 Å². The van der Waals surface area contributed by atoms with Crippen molar-refractivity contribution in [2.75, 3.05) is 13.1 Å². The zero-order chi connectivity index (χ0) is 12.2. The van der Waals surface area contributed by atoms with Crippen molar-refractivity contribution in [2.45, 2.75) is 51.6 Å². The van der Waals surface area contributed by atoms with Crippen LogP contribution in [0, 0.1) is 5.92 Å². The molecule has 0 aromatic rings. The fourth-order valence-corrected chi connectivity index (χ4v) is 2.56. The molecule has 0 spiro atoms. The van der Waals surface area contributed by atoms with Gasteiger partial charge in [-0.3, -0.25) is 4.79 Å². The van der Waals surface area contributed by atoms with Gasteiger partial charge in [0.05, 0.1) is 0 Å². The summed E-state index contributed by atoms with van der Waals surface area (Å²) in [6, 6.07) is 0.333. The quantitative estimate of drug-likeness (QED) is 0.645. The molecule has 0 aromatic carbocycles. The van der Waals surface area contributed by atoms with Crippen LogP contribution < -0.4 is 16.4 Å². The van der Waals surface area contributed by atoms with Crippen LogP contribution in [0.3, 0.4) is 0 Å². The van der Waals surface area contributed by atoms with Crippen molar-refractivity contribution < 1.29 is 4.79 Å². The molecular formula is C12H25N3O. The van der Waals surface area contributed by atoms with Crippen molar-refractivity contribution in [3.63, 3.8) is 0 Å². The molecule has 4 heteroatoms. The molecule has 1 aliphatic rings. The Hall–Kier alpha value is -0.610. The van der Waals surface area contributed by atoms with Crippen molar-refractivity contribution in [2.24, 2.45) is 11.7 Å². The Balaban J connectivity index is 2.87. The predicted molar refractivity (Wildman–Crippen MR) is 66.1 cm³/mol. The highest BCUT2D eigenvalue weighted by molar-refractivity contribution is 5.85. The maximum absolute atomic E-state index is 11.8. The molecule has 1 fully saturated rings. The SMILES string of the molecule is CCC(C)NC1(C(N)=O)CCNCC1CC. The number of carbonyl (C=O) groups excluding carboxylic acids is 1. The van der Waals surface area contributed by atoms with Crippen molar-refractivity contribution in [3.8, 4) is 0 Å². The highest BCUT2D eigenvalue weighted by Crippen LogP contribution is 2.27. The second kappa shape index (κ2) is 5.64. The van der Waals surface area contributed by atoms with Gasteiger partial charge in [0, 0.05) is 12.6 Å². The zero-order valence-corrected chi connectivity index (χ0v) is 10.7. The number of nitrogens with two attached hydrogens (primary N) is 1. The number of hydrogen-bond donors (Lipinski definition) is 3. The summed E-state index contributed by atoms with van der Waals surface area (Å²) in [7, 11) is 0. The first-order chi connectivity index (χ1) is 7.56. The normalized spacial score (nSPS) is 32.3. The highest BCUT2D eigenvalue weighted by atomic mass is 16.1. The molecule has 1 amide bonds. The Morgan fingerprint density at radius 3 is 2.81 bits per heavy atom. The minimum absolute atomic E-state index is 0.193. The summed E-state index contributed by atoms with van der Waals surface area (Å²) in [4.78, 5) is 11.8. The van der Waals surface area contributed by atoms with E-state index in [4.69, 9.17) is 5.73 Å². The van der Waals surface area contributed by atoms with Crippen molar-refractivity contribution >= 4 is 5.91 Å². The topological polar surface area (TPSA) is 67.1 Å². The first kappa shape index (κ1) is 13.5. The molecule has 0 radical (unpaired) electrons. The molecule has 3 unspecified atom stereocenters. The van der Waals surface area contributed by atoms with Gasteiger partial charge in [0.25, 0.3) is 0 Å². The standard InChI is InChI=1S/C12H25N3O/c1-4-9(3)15-12(11(13)16)6-7-14-8-10(12)5-2/h9-10,14-15H,4-8H2,1-3H3,(H2,13,16). The number of carbonyl (C=O) groups is 1. The third-order valence-corrected chi connectivity index (χ3v) is 3.83. The summed E-state index contributed by atoms with van der Waals surface area (Å²) < 4.78 is 0. The van der Waals surface area contributed by atoms with Crippen LogP contribution in [0.2, 0.25) is 0 Å². The summed E-state index contributed by atoms with van der Waals surface area (Å²) >= 11 is 0. The van der Waals surface area contributed by atoms with Gasteiger partial charge in [-0.25, -0.2) is 0 Å². The van der Waals surface area contributed by atoms with Crippen molar-refractivity contribution in [1.82, 2.24) is 10.6 Å². The summed E-state index contributed by atoms with van der Waals surface area (Å²) in [5.41, 5.74) is 5.14. The second-order valence-corrected chi connectivity index (χ2v) is 4.85. The molecule has 4 N–H and O–H groups in total. The molecule has 0 aliphatic carbocycles. The lowest BCUT2D eigenvalue weighted by Gasteiger charge is -2.44. The Labute approximate surface area is 98.3 Å². The lowest BCUT2D eigenvalue weighted by Crippen LogP contribution is -2.67. The lowest BCUT2D eigenvalue weighted by molar-refractivity contribution is -0.128. The van der Waals surface area contributed by atoms with Gasteiger partial charge in [-0.2, -0.15) is 0 Å². The third-order valence-electron chi connectivity index (χ3n) is 3.83. The number of piperidine rings is 1. The average molecular weight is 227 g/mol. The van der Waals surface area contributed by atoms with Crippen LogP contribution in [0.5, 0.6) is 0 Å². The van der Waals surface area contributed by atoms with Crippen LogP contribution in [0.4, 0.5) is 0 Å². The fraction of sp³-hybridized carbons (Fsp3) is 0.917. The van der Waals surface area contributed by atoms with E-state index in [0.29, 0.717) is 12.0 Å². The van der Waals surface area contributed by atoms with E-state index in [2.05, 4.69) is 31.4 Å². The van der Waals surface area contributed by atoms with Gasteiger partial charge in [-0.1, -0.05) is 13.8 Å². The molecule has 0 bridgehead atoms. The van der Waals surface area contributed by atoms with E-state index in [9.17, 15) is 4.79 Å². The number of primary amides is 1. The number of hydrogen-bond acceptors (Lipinski definition) is 3. The van der Waals surface area contributed by atoms with Gasteiger partial charge in [0.15, 0.2) is 0 Å². The van der Waals surface area contributed by atoms with E-state index in [0.717, 1.165) is 32.4 Å². The molecule has 0 aromatic heterocycles. The third kappa shape index (κ3) is 2.55. The zero-order valence-electron chi connectivity index (χ0n) is 10.7. The van der Waals surface area contributed by atoms with E-state index < -0.39 is 5.54 Å². The summed E-state index contributed by atoms with van der Waals surface area (Å²) in [5, 5.41) is 6.81. The lowest BCUT2D eigenvalue weighted by atomic mass is 9.75. The monoisotopic (exact) mass is 227 g/mol. The number of amides is 1. The minimum atomic E-state index is -0.505. The van der Waals surface area contributed by atoms with E-state index in [1.807, 2.05) is 0 Å². The van der Waals surface area contributed by atoms with Crippen LogP contribution in [0.15, 0.2) is 0 Å². The smallest absolute Gasteiger partial charge is 0.238 e. The first-order valence-corrected chi connectivity index (χ1v) is 6.35. The Kier molecular flexibility index (Phi) is 4.74. The van der Waals surface area contributed by atoms with Gasteiger partial charge >= 0.3 is 0 Å². The summed E-state index contributed by atoms with van der Waals surface area (Å²) in [5.74, 6) is 0.105. The molecule has 1 aliphatic heterocycles. The van der Waals surface area contributed by atoms with E-state index >= 15 is 0 Å². The molecule has 1 saturated heterocycles. The van der Waals surface area contributed by atoms with Gasteiger partial charge in [-0.15, -0.1) is 0 Å². The highest BCUT2D eigenvalue weighted by Gasteiger charge is 2.45. The maximum Gasteiger partial charge on any atom is 0.238 e. The molecule has 1 rings (SSSR count). The Bertz CT molecular complexity index is 244. The molecule has 16 heavy (non-hydrogen) atoms. The molecule has 94 valence electrons. The fourth-order valence-electron chi connectivity index (χ4n) is 2.56. The minimum Gasteiger partial charge on any atom is -0.368 e. The van der Waals surface area contributed by atoms with Crippen LogP contribution in [-0.2, 0) is 4.79 Å². The Morgan fingerprint density at radius 2 is 2.31 bits per heavy atom. The maximum atomic E-state index is 11.8. The molecule has 1 heterocycles. The van der Waals surface area contributed by atoms with Crippen molar-refractivity contribution in [1.29, 1.82) is 0 Å². The Morgan fingerprint density at radius 1 is 1.62 bits per heavy atom. The molecular weight excluding hydrogens is 202 g/mol. The van der Waals surface area contributed by atoms with Crippen LogP contribution in [0.25, 0.3) is 0 Å². The van der Waals surface area contributed by atoms with E-state index in [1.54, 1.807) is 0 Å². The first-order valence-electron chi connectivity index (χ1n) is 6.35. The molecule has 0 saturated carbocycles. The number of nitrogens with one attached hydrogen (secondary N) is 2. The van der Waals surface area contributed by atoms with Crippen molar-refractivity contribution in [3.05, 3.63) is 0 Å². The van der Waals surface area contributed by atoms with Crippen LogP contribution >= 0.6 is 0 Å². The van der Waals surface area contributed by atoms with Gasteiger partial charge < -0.3 is 16.4 Å². The van der Waals surface area contributed by atoms with Crippen LogP contribution in [0.1, 0.15) is 40.0 Å². The predicted octanol–water partition coefficient (Wildman–Crippen LogP) is 0.618. The summed E-state index contributed by atoms with van der Waals surface area (Å²) in [6.45, 7) is 8.09. The van der Waals surface area contributed by atoms with E-state index in [-0.39, 0.29) is 5.91 Å². The van der Waals surface area contributed by atoms with Crippen LogP contribution in [-0.4, -0.2) is 30.6 Å². The van der Waals surface area contributed by atoms with Gasteiger partial charge in [-0.05, 0) is 38.6 Å². The average Bonchev–Trinajstić information content (AvgIpc) is 2.29. The molecule has 3 atom stereocenters. The largest absolute Gasteiger partial charge is 0.368 e. The van der Waals surface area contributed by atoms with Gasteiger partial charge in [0.2, 0.25) is 5.91 Å². The summed E-state index contributed by atoms with van der Waals surface area (Å²) in [6.07, 6.45) is 2.78. The van der Waals surface area contributed by atoms with E-state index in [1.165, 1.54) is 0 Å².